The van der Waals surface area contributed by atoms with Crippen LogP contribution >= 0.6 is 15.9 Å². The van der Waals surface area contributed by atoms with Gasteiger partial charge in [0.1, 0.15) is 0 Å². The molecule has 2 atom stereocenters. The van der Waals surface area contributed by atoms with Crippen molar-refractivity contribution in [3.8, 4) is 0 Å². The van der Waals surface area contributed by atoms with E-state index in [1.807, 2.05) is 10.9 Å². The number of aromatic nitrogens is 2. The maximum atomic E-state index is 5.74. The fourth-order valence-corrected chi connectivity index (χ4v) is 2.78. The number of nitrogens with zero attached hydrogens (tertiary/aromatic N) is 3. The van der Waals surface area contributed by atoms with Crippen LogP contribution in [-0.4, -0.2) is 49.0 Å². The first kappa shape index (κ1) is 17.6. The summed E-state index contributed by atoms with van der Waals surface area (Å²) in [6.45, 7) is 4.65. The van der Waals surface area contributed by atoms with Crippen LogP contribution in [0, 0.1) is 5.92 Å². The Morgan fingerprint density at radius 3 is 2.80 bits per heavy atom. The quantitative estimate of drug-likeness (QED) is 0.521. The predicted octanol–water partition coefficient (Wildman–Crippen LogP) is 1.38. The molecule has 7 heteroatoms. The second kappa shape index (κ2) is 8.74. The number of likely N-dealkylation sites (N-methyl/N-ethyl adjacent to an activating group) is 1. The SMILES string of the molecule is COCC(C)CC(NN)c1c(Br)cnn1CCN(C)C. The average Bonchev–Trinajstić information content (AvgIpc) is 2.75. The van der Waals surface area contributed by atoms with Crippen LogP contribution in [0.1, 0.15) is 25.1 Å². The van der Waals surface area contributed by atoms with Gasteiger partial charge < -0.3 is 9.64 Å². The van der Waals surface area contributed by atoms with Crippen LogP contribution in [-0.2, 0) is 11.3 Å². The van der Waals surface area contributed by atoms with Crippen LogP contribution in [0.5, 0.6) is 0 Å². The first-order valence-corrected chi connectivity index (χ1v) is 7.59. The summed E-state index contributed by atoms with van der Waals surface area (Å²) >= 11 is 3.57. The Labute approximate surface area is 129 Å². The van der Waals surface area contributed by atoms with Crippen LogP contribution in [0.3, 0.4) is 0 Å². The molecular weight excluding hydrogens is 322 g/mol. The lowest BCUT2D eigenvalue weighted by atomic mass is 10.0. The molecule has 1 heterocycles. The highest BCUT2D eigenvalue weighted by molar-refractivity contribution is 9.10. The Hall–Kier alpha value is -0.470. The minimum Gasteiger partial charge on any atom is -0.384 e. The predicted molar refractivity (Wildman–Crippen MR) is 84.2 cm³/mol. The zero-order chi connectivity index (χ0) is 15.1. The molecule has 0 saturated heterocycles. The first-order valence-electron chi connectivity index (χ1n) is 6.80. The normalized spacial score (nSPS) is 14.8. The molecule has 1 rings (SSSR count). The topological polar surface area (TPSA) is 68.3 Å². The van der Waals surface area contributed by atoms with Gasteiger partial charge in [-0.15, -0.1) is 0 Å². The number of hydrogen-bond donors (Lipinski definition) is 2. The molecule has 0 aliphatic rings. The molecule has 116 valence electrons. The van der Waals surface area contributed by atoms with Crippen molar-refractivity contribution in [3.05, 3.63) is 16.4 Å². The summed E-state index contributed by atoms with van der Waals surface area (Å²) in [6.07, 6.45) is 2.73. The number of hydrogen-bond acceptors (Lipinski definition) is 5. The van der Waals surface area contributed by atoms with Gasteiger partial charge in [-0.1, -0.05) is 6.92 Å². The maximum Gasteiger partial charge on any atom is 0.0709 e. The lowest BCUT2D eigenvalue weighted by molar-refractivity contribution is 0.148. The summed E-state index contributed by atoms with van der Waals surface area (Å²) in [4.78, 5) is 2.14. The van der Waals surface area contributed by atoms with E-state index in [2.05, 4.69) is 52.4 Å². The summed E-state index contributed by atoms with van der Waals surface area (Å²) in [5.41, 5.74) is 4.00. The number of methoxy groups -OCH3 is 1. The van der Waals surface area contributed by atoms with E-state index in [-0.39, 0.29) is 6.04 Å². The third-order valence-electron chi connectivity index (χ3n) is 3.21. The highest BCUT2D eigenvalue weighted by atomic mass is 79.9. The molecule has 0 spiro atoms. The Kier molecular flexibility index (Phi) is 7.68. The van der Waals surface area contributed by atoms with Gasteiger partial charge >= 0.3 is 0 Å². The number of nitrogens with one attached hydrogen (secondary N) is 1. The highest BCUT2D eigenvalue weighted by Gasteiger charge is 2.21. The number of nitrogens with two attached hydrogens (primary N) is 1. The van der Waals surface area contributed by atoms with Crippen LogP contribution in [0.2, 0.25) is 0 Å². The second-order valence-electron chi connectivity index (χ2n) is 5.42. The molecule has 0 aliphatic heterocycles. The van der Waals surface area contributed by atoms with Gasteiger partial charge in [0.15, 0.2) is 0 Å². The molecular formula is C13H26BrN5O. The summed E-state index contributed by atoms with van der Waals surface area (Å²) in [7, 11) is 5.83. The largest absolute Gasteiger partial charge is 0.384 e. The Bertz CT molecular complexity index is 396. The minimum atomic E-state index is 0.0548. The smallest absolute Gasteiger partial charge is 0.0709 e. The third kappa shape index (κ3) is 5.14. The number of hydrazine groups is 1. The number of halogens is 1. The Balaban J connectivity index is 2.82. The Morgan fingerprint density at radius 1 is 1.55 bits per heavy atom. The van der Waals surface area contributed by atoms with Gasteiger partial charge in [0.25, 0.3) is 0 Å². The lowest BCUT2D eigenvalue weighted by Crippen LogP contribution is -2.33. The van der Waals surface area contributed by atoms with Crippen molar-refractivity contribution < 1.29 is 4.74 Å². The fraction of sp³-hybridized carbons (Fsp3) is 0.769. The molecule has 20 heavy (non-hydrogen) atoms. The van der Waals surface area contributed by atoms with Crippen molar-refractivity contribution in [2.24, 2.45) is 11.8 Å². The van der Waals surface area contributed by atoms with Gasteiger partial charge in [0, 0.05) is 20.3 Å². The summed E-state index contributed by atoms with van der Waals surface area (Å²) in [6, 6.07) is 0.0548. The van der Waals surface area contributed by atoms with E-state index in [9.17, 15) is 0 Å². The van der Waals surface area contributed by atoms with E-state index in [0.29, 0.717) is 5.92 Å². The van der Waals surface area contributed by atoms with Gasteiger partial charge in [-0.25, -0.2) is 0 Å². The van der Waals surface area contributed by atoms with Crippen LogP contribution in [0.25, 0.3) is 0 Å². The molecule has 6 nitrogen and oxygen atoms in total. The second-order valence-corrected chi connectivity index (χ2v) is 6.27. The van der Waals surface area contributed by atoms with Crippen LogP contribution < -0.4 is 11.3 Å². The van der Waals surface area contributed by atoms with Gasteiger partial charge in [-0.05, 0) is 42.4 Å². The van der Waals surface area contributed by atoms with Crippen LogP contribution in [0.15, 0.2) is 10.7 Å². The summed E-state index contributed by atoms with van der Waals surface area (Å²) in [5, 5.41) is 4.43. The molecule has 0 radical (unpaired) electrons. The molecule has 0 bridgehead atoms. The van der Waals surface area contributed by atoms with Crippen molar-refractivity contribution in [3.63, 3.8) is 0 Å². The zero-order valence-electron chi connectivity index (χ0n) is 12.8. The summed E-state index contributed by atoms with van der Waals surface area (Å²) in [5.74, 6) is 6.16. The van der Waals surface area contributed by atoms with Crippen LogP contribution in [0.4, 0.5) is 0 Å². The van der Waals surface area contributed by atoms with Crippen molar-refractivity contribution in [2.75, 3.05) is 34.4 Å². The Morgan fingerprint density at radius 2 is 2.25 bits per heavy atom. The van der Waals surface area contributed by atoms with Gasteiger partial charge in [-0.3, -0.25) is 16.0 Å². The van der Waals surface area contributed by atoms with E-state index in [4.69, 9.17) is 10.6 Å². The fourth-order valence-electron chi connectivity index (χ4n) is 2.20. The molecule has 1 aromatic rings. The molecule has 1 aromatic heterocycles. The molecule has 0 fully saturated rings. The van der Waals surface area contributed by atoms with Crippen molar-refractivity contribution in [2.45, 2.75) is 25.9 Å². The maximum absolute atomic E-state index is 5.74. The number of ether oxygens (including phenoxy) is 1. The summed E-state index contributed by atoms with van der Waals surface area (Å²) < 4.78 is 8.19. The van der Waals surface area contributed by atoms with E-state index in [1.165, 1.54) is 0 Å². The molecule has 0 amide bonds. The molecule has 3 N–H and O–H groups in total. The van der Waals surface area contributed by atoms with E-state index in [0.717, 1.165) is 36.3 Å². The van der Waals surface area contributed by atoms with Gasteiger partial charge in [0.05, 0.1) is 29.0 Å². The van der Waals surface area contributed by atoms with Crippen molar-refractivity contribution in [1.82, 2.24) is 20.1 Å². The molecule has 0 aliphatic carbocycles. The zero-order valence-corrected chi connectivity index (χ0v) is 14.4. The van der Waals surface area contributed by atoms with Gasteiger partial charge in [-0.2, -0.15) is 5.10 Å². The van der Waals surface area contributed by atoms with Gasteiger partial charge in [0.2, 0.25) is 0 Å². The molecule has 0 saturated carbocycles. The number of rotatable bonds is 9. The first-order chi connectivity index (χ1) is 9.49. The van der Waals surface area contributed by atoms with E-state index < -0.39 is 0 Å². The van der Waals surface area contributed by atoms with E-state index in [1.54, 1.807) is 7.11 Å². The minimum absolute atomic E-state index is 0.0548. The van der Waals surface area contributed by atoms with E-state index >= 15 is 0 Å². The monoisotopic (exact) mass is 347 g/mol. The van der Waals surface area contributed by atoms with Crippen molar-refractivity contribution >= 4 is 15.9 Å². The lowest BCUT2D eigenvalue weighted by Gasteiger charge is -2.22. The highest BCUT2D eigenvalue weighted by Crippen LogP contribution is 2.27. The standard InChI is InChI=1S/C13H26BrN5O/c1-10(9-20-4)7-12(17-15)13-11(14)8-16-19(13)6-5-18(2)3/h8,10,12,17H,5-7,9,15H2,1-4H3. The molecule has 2 unspecified atom stereocenters. The van der Waals surface area contributed by atoms with Crippen molar-refractivity contribution in [1.29, 1.82) is 0 Å². The third-order valence-corrected chi connectivity index (χ3v) is 3.82. The average molecular weight is 348 g/mol. The molecule has 0 aromatic carbocycles.